The molecule has 0 N–H and O–H groups in total. The summed E-state index contributed by atoms with van der Waals surface area (Å²) in [5.74, 6) is -0.0760. The average molecular weight is 257 g/mol. The zero-order chi connectivity index (χ0) is 13.9. The zero-order valence-electron chi connectivity index (χ0n) is 10.5. The molecule has 0 heterocycles. The number of rotatable bonds is 5. The lowest BCUT2D eigenvalue weighted by Crippen LogP contribution is -2.38. The quantitative estimate of drug-likeness (QED) is 0.463. The van der Waals surface area contributed by atoms with Gasteiger partial charge in [-0.25, -0.2) is 0 Å². The fraction of sp³-hybridized carbons (Fsp3) is 0.267. The van der Waals surface area contributed by atoms with Crippen molar-refractivity contribution in [1.82, 2.24) is 0 Å². The number of ketones is 1. The van der Waals surface area contributed by atoms with E-state index in [1.807, 2.05) is 24.3 Å². The van der Waals surface area contributed by atoms with Crippen molar-refractivity contribution in [2.45, 2.75) is 18.3 Å². The average Bonchev–Trinajstić information content (AvgIpc) is 2.40. The summed E-state index contributed by atoms with van der Waals surface area (Å²) in [6.07, 6.45) is 5.57. The molecule has 4 nitrogen and oxygen atoms in total. The van der Waals surface area contributed by atoms with Crippen molar-refractivity contribution in [3.63, 3.8) is 0 Å². The summed E-state index contributed by atoms with van der Waals surface area (Å²) < 4.78 is 0. The fourth-order valence-electron chi connectivity index (χ4n) is 2.63. The highest BCUT2D eigenvalue weighted by Gasteiger charge is 2.41. The van der Waals surface area contributed by atoms with Crippen molar-refractivity contribution in [3.05, 3.63) is 64.2 Å². The third-order valence-electron chi connectivity index (χ3n) is 3.58. The van der Waals surface area contributed by atoms with Gasteiger partial charge < -0.3 is 0 Å². The SMILES string of the molecule is C=CC[C@]1(CC[N+](=O)[O-])C(=O)C=Cc2ccccc21. The van der Waals surface area contributed by atoms with Gasteiger partial charge in [-0.1, -0.05) is 36.4 Å². The summed E-state index contributed by atoms with van der Waals surface area (Å²) in [4.78, 5) is 22.6. The lowest BCUT2D eigenvalue weighted by molar-refractivity contribution is -0.481. The van der Waals surface area contributed by atoms with Crippen molar-refractivity contribution < 1.29 is 9.72 Å². The molecule has 1 aliphatic rings. The predicted octanol–water partition coefficient (Wildman–Crippen LogP) is 2.76. The minimum atomic E-state index is -0.833. The van der Waals surface area contributed by atoms with Crippen molar-refractivity contribution in [3.8, 4) is 0 Å². The lowest BCUT2D eigenvalue weighted by atomic mass is 9.67. The van der Waals surface area contributed by atoms with Gasteiger partial charge in [0, 0.05) is 11.3 Å². The summed E-state index contributed by atoms with van der Waals surface area (Å²) >= 11 is 0. The molecule has 0 aromatic heterocycles. The highest BCUT2D eigenvalue weighted by molar-refractivity contribution is 6.05. The molecule has 1 atom stereocenters. The van der Waals surface area contributed by atoms with Crippen LogP contribution in [0.25, 0.3) is 6.08 Å². The third-order valence-corrected chi connectivity index (χ3v) is 3.58. The highest BCUT2D eigenvalue weighted by atomic mass is 16.6. The van der Waals surface area contributed by atoms with Gasteiger partial charge in [-0.3, -0.25) is 14.9 Å². The molecule has 0 bridgehead atoms. The van der Waals surface area contributed by atoms with E-state index in [9.17, 15) is 14.9 Å². The molecular formula is C15H15NO3. The molecule has 4 heteroatoms. The molecule has 0 fully saturated rings. The second-order valence-electron chi connectivity index (χ2n) is 4.67. The highest BCUT2D eigenvalue weighted by Crippen LogP contribution is 2.39. The van der Waals surface area contributed by atoms with Crippen LogP contribution in [0.3, 0.4) is 0 Å². The van der Waals surface area contributed by atoms with Crippen LogP contribution in [0.15, 0.2) is 43.0 Å². The number of benzene rings is 1. The first-order chi connectivity index (χ1) is 9.10. The van der Waals surface area contributed by atoms with Gasteiger partial charge in [0.2, 0.25) is 6.54 Å². The van der Waals surface area contributed by atoms with Gasteiger partial charge in [0.05, 0.1) is 5.41 Å². The molecule has 98 valence electrons. The van der Waals surface area contributed by atoms with Crippen LogP contribution >= 0.6 is 0 Å². The fourth-order valence-corrected chi connectivity index (χ4v) is 2.63. The summed E-state index contributed by atoms with van der Waals surface area (Å²) in [6, 6.07) is 7.54. The molecular weight excluding hydrogens is 242 g/mol. The maximum absolute atomic E-state index is 12.3. The van der Waals surface area contributed by atoms with E-state index in [0.29, 0.717) is 6.42 Å². The molecule has 1 aromatic rings. The number of carbonyl (C=O) groups is 1. The van der Waals surface area contributed by atoms with E-state index in [1.165, 1.54) is 6.08 Å². The molecule has 1 aliphatic carbocycles. The molecule has 0 spiro atoms. The van der Waals surface area contributed by atoms with Crippen LogP contribution in [0.4, 0.5) is 0 Å². The number of nitro groups is 1. The summed E-state index contributed by atoms with van der Waals surface area (Å²) in [6.45, 7) is 3.47. The van der Waals surface area contributed by atoms with Crippen LogP contribution in [-0.2, 0) is 10.2 Å². The summed E-state index contributed by atoms with van der Waals surface area (Å²) in [5.41, 5.74) is 0.983. The van der Waals surface area contributed by atoms with E-state index >= 15 is 0 Å². The van der Waals surface area contributed by atoms with E-state index in [-0.39, 0.29) is 23.7 Å². The third kappa shape index (κ3) is 2.34. The number of carbonyl (C=O) groups excluding carboxylic acids is 1. The van der Waals surface area contributed by atoms with E-state index in [4.69, 9.17) is 0 Å². The maximum atomic E-state index is 12.3. The standard InChI is InChI=1S/C15H15NO3/c1-2-9-15(10-11-16(18)19)13-6-4-3-5-12(13)7-8-14(15)17/h2-8H,1,9-11H2/t15-/m1/s1. The Morgan fingerprint density at radius 1 is 1.32 bits per heavy atom. The Hall–Kier alpha value is -2.23. The van der Waals surface area contributed by atoms with E-state index in [2.05, 4.69) is 6.58 Å². The van der Waals surface area contributed by atoms with Crippen LogP contribution in [0.1, 0.15) is 24.0 Å². The van der Waals surface area contributed by atoms with Crippen LogP contribution < -0.4 is 0 Å². The molecule has 0 aliphatic heterocycles. The monoisotopic (exact) mass is 257 g/mol. The number of hydrogen-bond donors (Lipinski definition) is 0. The normalized spacial score (nSPS) is 20.9. The summed E-state index contributed by atoms with van der Waals surface area (Å²) in [7, 11) is 0. The van der Waals surface area contributed by atoms with Gasteiger partial charge in [0.15, 0.2) is 5.78 Å². The number of allylic oxidation sites excluding steroid dienone is 2. The Kier molecular flexibility index (Phi) is 3.60. The molecule has 2 rings (SSSR count). The Balaban J connectivity index is 2.50. The molecule has 0 saturated heterocycles. The van der Waals surface area contributed by atoms with Gasteiger partial charge in [0.1, 0.15) is 0 Å². The Morgan fingerprint density at radius 3 is 2.74 bits per heavy atom. The predicted molar refractivity (Wildman–Crippen MR) is 73.5 cm³/mol. The van der Waals surface area contributed by atoms with E-state index in [1.54, 1.807) is 12.2 Å². The van der Waals surface area contributed by atoms with Crippen molar-refractivity contribution in [2.24, 2.45) is 0 Å². The zero-order valence-corrected chi connectivity index (χ0v) is 10.5. The van der Waals surface area contributed by atoms with Gasteiger partial charge >= 0.3 is 0 Å². The molecule has 0 unspecified atom stereocenters. The van der Waals surface area contributed by atoms with Gasteiger partial charge in [0.25, 0.3) is 0 Å². The van der Waals surface area contributed by atoms with Gasteiger partial charge in [-0.15, -0.1) is 6.58 Å². The number of fused-ring (bicyclic) bond motifs is 1. The van der Waals surface area contributed by atoms with E-state index in [0.717, 1.165) is 11.1 Å². The van der Waals surface area contributed by atoms with Crippen molar-refractivity contribution in [1.29, 1.82) is 0 Å². The second kappa shape index (κ2) is 5.18. The lowest BCUT2D eigenvalue weighted by Gasteiger charge is -2.33. The molecule has 0 amide bonds. The molecule has 1 aromatic carbocycles. The van der Waals surface area contributed by atoms with E-state index < -0.39 is 5.41 Å². The number of hydrogen-bond acceptors (Lipinski definition) is 3. The minimum Gasteiger partial charge on any atom is -0.294 e. The first-order valence-electron chi connectivity index (χ1n) is 6.15. The summed E-state index contributed by atoms with van der Waals surface area (Å²) in [5, 5.41) is 10.7. The molecule has 0 radical (unpaired) electrons. The number of nitrogens with zero attached hydrogens (tertiary/aromatic N) is 1. The minimum absolute atomic E-state index is 0.0760. The second-order valence-corrected chi connectivity index (χ2v) is 4.67. The Bertz CT molecular complexity index is 562. The Labute approximate surface area is 111 Å². The van der Waals surface area contributed by atoms with Gasteiger partial charge in [-0.05, 0) is 23.6 Å². The smallest absolute Gasteiger partial charge is 0.205 e. The first kappa shape index (κ1) is 13.2. The van der Waals surface area contributed by atoms with Crippen LogP contribution in [0.5, 0.6) is 0 Å². The van der Waals surface area contributed by atoms with Crippen molar-refractivity contribution >= 4 is 11.9 Å². The first-order valence-corrected chi connectivity index (χ1v) is 6.15. The topological polar surface area (TPSA) is 60.2 Å². The van der Waals surface area contributed by atoms with Crippen LogP contribution in [-0.4, -0.2) is 17.3 Å². The van der Waals surface area contributed by atoms with Crippen LogP contribution in [0.2, 0.25) is 0 Å². The Morgan fingerprint density at radius 2 is 2.05 bits per heavy atom. The maximum Gasteiger partial charge on any atom is 0.205 e. The van der Waals surface area contributed by atoms with Crippen LogP contribution in [0, 0.1) is 10.1 Å². The van der Waals surface area contributed by atoms with Gasteiger partial charge in [-0.2, -0.15) is 0 Å². The molecule has 0 saturated carbocycles. The largest absolute Gasteiger partial charge is 0.294 e. The molecule has 19 heavy (non-hydrogen) atoms. The van der Waals surface area contributed by atoms with Crippen molar-refractivity contribution in [2.75, 3.05) is 6.54 Å².